The summed E-state index contributed by atoms with van der Waals surface area (Å²) in [6, 6.07) is 8.38. The summed E-state index contributed by atoms with van der Waals surface area (Å²) < 4.78 is 10.4. The highest BCUT2D eigenvalue weighted by Gasteiger charge is 2.51. The molecule has 2 aliphatic rings. The Morgan fingerprint density at radius 1 is 1.24 bits per heavy atom. The number of rotatable bonds is 4. The molecule has 0 spiro atoms. The summed E-state index contributed by atoms with van der Waals surface area (Å²) in [5.41, 5.74) is 0.700. The van der Waals surface area contributed by atoms with Gasteiger partial charge in [-0.25, -0.2) is 0 Å². The van der Waals surface area contributed by atoms with Crippen molar-refractivity contribution >= 4 is 12.3 Å². The Kier molecular flexibility index (Phi) is 5.88. The molecule has 1 aromatic carbocycles. The van der Waals surface area contributed by atoms with Gasteiger partial charge in [0.2, 0.25) is 0 Å². The highest BCUT2D eigenvalue weighted by atomic mass is 16.5. The molecular weight excluding hydrogens is 318 g/mol. The zero-order valence-electron chi connectivity index (χ0n) is 15.9. The Hall–Kier alpha value is -1.88. The Morgan fingerprint density at radius 3 is 2.24 bits per heavy atom. The van der Waals surface area contributed by atoms with Crippen LogP contribution in [0.25, 0.3) is 0 Å². The Balaban J connectivity index is 0.000000212. The lowest BCUT2D eigenvalue weighted by molar-refractivity contribution is -0.148. The minimum Gasteiger partial charge on any atom is -0.487 e. The number of para-hydroxylation sites is 1. The smallest absolute Gasteiger partial charge is 0.319 e. The number of nitrogens with zero attached hydrogens (tertiary/aromatic N) is 1. The summed E-state index contributed by atoms with van der Waals surface area (Å²) >= 11 is 0. The first-order chi connectivity index (χ1) is 11.7. The molecular formula is C20H29NO4. The van der Waals surface area contributed by atoms with E-state index < -0.39 is 11.4 Å². The van der Waals surface area contributed by atoms with Gasteiger partial charge in [0.25, 0.3) is 0 Å². The fraction of sp³-hybridized carbons (Fsp3) is 0.600. The van der Waals surface area contributed by atoms with Crippen LogP contribution in [0.1, 0.15) is 39.2 Å². The van der Waals surface area contributed by atoms with Gasteiger partial charge in [0.1, 0.15) is 23.6 Å². The molecule has 1 saturated heterocycles. The molecule has 1 aromatic rings. The molecule has 5 nitrogen and oxygen atoms in total. The zero-order chi connectivity index (χ0) is 18.7. The average Bonchev–Trinajstić information content (AvgIpc) is 3.34. The van der Waals surface area contributed by atoms with Crippen LogP contribution >= 0.6 is 0 Å². The molecule has 1 saturated carbocycles. The number of hydrogen-bond donors (Lipinski definition) is 0. The number of esters is 1. The van der Waals surface area contributed by atoms with E-state index in [2.05, 4.69) is 55.7 Å². The van der Waals surface area contributed by atoms with Crippen molar-refractivity contribution in [1.29, 1.82) is 0 Å². The summed E-state index contributed by atoms with van der Waals surface area (Å²) in [6.45, 7) is 8.75. The maximum absolute atomic E-state index is 10.7. The molecule has 0 radical (unpaired) electrons. The zero-order valence-corrected chi connectivity index (χ0v) is 15.9. The number of likely N-dealkylation sites (tertiary alicyclic amines) is 1. The quantitative estimate of drug-likeness (QED) is 0.476. The van der Waals surface area contributed by atoms with Gasteiger partial charge in [-0.3, -0.25) is 9.69 Å². The number of ether oxygens (including phenoxy) is 2. The third-order valence-corrected chi connectivity index (χ3v) is 4.63. The van der Waals surface area contributed by atoms with Gasteiger partial charge in [-0.2, -0.15) is 0 Å². The van der Waals surface area contributed by atoms with E-state index in [1.54, 1.807) is 0 Å². The van der Waals surface area contributed by atoms with E-state index in [0.717, 1.165) is 18.8 Å². The monoisotopic (exact) mass is 347 g/mol. The van der Waals surface area contributed by atoms with Crippen molar-refractivity contribution in [2.45, 2.75) is 45.1 Å². The van der Waals surface area contributed by atoms with Gasteiger partial charge in [-0.05, 0) is 36.9 Å². The molecule has 25 heavy (non-hydrogen) atoms. The highest BCUT2D eigenvalue weighted by Crippen LogP contribution is 2.44. The summed E-state index contributed by atoms with van der Waals surface area (Å²) in [5.74, 6) is 0.658. The van der Waals surface area contributed by atoms with Crippen LogP contribution in [0.5, 0.6) is 5.75 Å². The third kappa shape index (κ3) is 4.82. The predicted molar refractivity (Wildman–Crippen MR) is 96.8 cm³/mol. The number of carbonyl (C=O) groups is 2. The lowest BCUT2D eigenvalue weighted by Crippen LogP contribution is -2.51. The van der Waals surface area contributed by atoms with Crippen LogP contribution in [0.15, 0.2) is 24.3 Å². The molecule has 0 unspecified atom stereocenters. The van der Waals surface area contributed by atoms with Gasteiger partial charge in [0.15, 0.2) is 0 Å². The average molecular weight is 347 g/mol. The van der Waals surface area contributed by atoms with Crippen molar-refractivity contribution in [3.63, 3.8) is 0 Å². The van der Waals surface area contributed by atoms with Crippen molar-refractivity contribution in [2.75, 3.05) is 27.2 Å². The number of aldehydes is 1. The van der Waals surface area contributed by atoms with E-state index in [-0.39, 0.29) is 5.41 Å². The molecule has 0 aromatic heterocycles. The van der Waals surface area contributed by atoms with Gasteiger partial charge in [-0.1, -0.05) is 39.0 Å². The summed E-state index contributed by atoms with van der Waals surface area (Å²) in [4.78, 5) is 23.1. The molecule has 3 rings (SSSR count). The van der Waals surface area contributed by atoms with E-state index in [4.69, 9.17) is 4.74 Å². The van der Waals surface area contributed by atoms with Crippen molar-refractivity contribution in [3.05, 3.63) is 29.8 Å². The van der Waals surface area contributed by atoms with Crippen molar-refractivity contribution in [2.24, 2.45) is 5.41 Å². The molecule has 2 fully saturated rings. The number of methoxy groups -OCH3 is 1. The minimum absolute atomic E-state index is 0.145. The van der Waals surface area contributed by atoms with Gasteiger partial charge in [0.05, 0.1) is 7.11 Å². The van der Waals surface area contributed by atoms with Crippen LogP contribution in [0.4, 0.5) is 0 Å². The molecule has 0 amide bonds. The molecule has 1 aliphatic heterocycles. The van der Waals surface area contributed by atoms with Gasteiger partial charge in [-0.15, -0.1) is 0 Å². The van der Waals surface area contributed by atoms with Crippen LogP contribution in [0.2, 0.25) is 0 Å². The second-order valence-corrected chi connectivity index (χ2v) is 7.97. The fourth-order valence-corrected chi connectivity index (χ4v) is 2.79. The Morgan fingerprint density at radius 2 is 1.84 bits per heavy atom. The predicted octanol–water partition coefficient (Wildman–Crippen LogP) is 2.82. The number of carbonyl (C=O) groups excluding carboxylic acids is 2. The van der Waals surface area contributed by atoms with E-state index in [9.17, 15) is 9.59 Å². The molecule has 0 atom stereocenters. The van der Waals surface area contributed by atoms with E-state index in [0.29, 0.717) is 25.2 Å². The minimum atomic E-state index is -0.741. The van der Waals surface area contributed by atoms with Gasteiger partial charge in [0, 0.05) is 13.1 Å². The van der Waals surface area contributed by atoms with Crippen LogP contribution in [0.3, 0.4) is 0 Å². The van der Waals surface area contributed by atoms with Crippen molar-refractivity contribution in [1.82, 2.24) is 4.90 Å². The Bertz CT molecular complexity index is 610. The molecule has 0 N–H and O–H groups in total. The van der Waals surface area contributed by atoms with E-state index in [1.807, 2.05) is 6.07 Å². The van der Waals surface area contributed by atoms with Crippen molar-refractivity contribution < 1.29 is 19.1 Å². The van der Waals surface area contributed by atoms with E-state index in [1.165, 1.54) is 12.7 Å². The lowest BCUT2D eigenvalue weighted by Gasteiger charge is -2.37. The van der Waals surface area contributed by atoms with Crippen LogP contribution < -0.4 is 4.74 Å². The molecule has 0 bridgehead atoms. The van der Waals surface area contributed by atoms with Gasteiger partial charge < -0.3 is 14.3 Å². The summed E-state index contributed by atoms with van der Waals surface area (Å²) in [6.07, 6.45) is 2.36. The molecule has 1 heterocycles. The largest absolute Gasteiger partial charge is 0.487 e. The second kappa shape index (κ2) is 7.56. The second-order valence-electron chi connectivity index (χ2n) is 7.97. The molecule has 5 heteroatoms. The van der Waals surface area contributed by atoms with Crippen molar-refractivity contribution in [3.8, 4) is 5.75 Å². The van der Waals surface area contributed by atoms with E-state index >= 15 is 0 Å². The molecule has 138 valence electrons. The van der Waals surface area contributed by atoms with Crippen LogP contribution in [0, 0.1) is 5.41 Å². The fourth-order valence-electron chi connectivity index (χ4n) is 2.79. The van der Waals surface area contributed by atoms with Crippen LogP contribution in [-0.2, 0) is 19.7 Å². The first-order valence-electron chi connectivity index (χ1n) is 8.71. The first kappa shape index (κ1) is 19.4. The lowest BCUT2D eigenvalue weighted by atomic mass is 9.86. The number of benzene rings is 1. The topological polar surface area (TPSA) is 55.8 Å². The number of likely N-dealkylation sites (N-methyl/N-ethyl adjacent to an activating group) is 1. The van der Waals surface area contributed by atoms with Gasteiger partial charge >= 0.3 is 5.97 Å². The standard InChI is InChI=1S/C14H21NO.C6H8O3/c1-14(2,3)12-7-5-6-8-13(12)16-11-9-15(4)10-11;1-9-5(8)6(4-7)2-3-6/h5-8,11H,9-10H2,1-4H3;4H,2-3H2,1H3. The maximum Gasteiger partial charge on any atom is 0.319 e. The highest BCUT2D eigenvalue weighted by molar-refractivity contribution is 5.96. The first-order valence-corrected chi connectivity index (χ1v) is 8.71. The summed E-state index contributed by atoms with van der Waals surface area (Å²) in [7, 11) is 3.42. The molecule has 1 aliphatic carbocycles. The number of hydrogen-bond acceptors (Lipinski definition) is 5. The SMILES string of the molecule is CN1CC(Oc2ccccc2C(C)(C)C)C1.COC(=O)C1(C=O)CC1. The van der Waals surface area contributed by atoms with Crippen LogP contribution in [-0.4, -0.2) is 50.5 Å². The summed E-state index contributed by atoms with van der Waals surface area (Å²) in [5, 5.41) is 0. The normalized spacial score (nSPS) is 19.1. The maximum atomic E-state index is 10.7. The third-order valence-electron chi connectivity index (χ3n) is 4.63. The Labute approximate surface area is 150 Å².